The summed E-state index contributed by atoms with van der Waals surface area (Å²) in [4.78, 5) is 22.2. The molecular formula is C23H27N5O. The van der Waals surface area contributed by atoms with Crippen LogP contribution in [0, 0.1) is 13.8 Å². The molecule has 2 aromatic heterocycles. The third kappa shape index (κ3) is 4.07. The molecule has 0 N–H and O–H groups in total. The number of aromatic nitrogens is 3. The number of fused-ring (bicyclic) bond motifs is 1. The van der Waals surface area contributed by atoms with E-state index in [4.69, 9.17) is 0 Å². The van der Waals surface area contributed by atoms with Crippen LogP contribution in [-0.2, 0) is 7.05 Å². The number of aryl methyl sites for hydroxylation is 3. The van der Waals surface area contributed by atoms with Crippen molar-refractivity contribution < 1.29 is 4.79 Å². The van der Waals surface area contributed by atoms with Crippen molar-refractivity contribution in [1.29, 1.82) is 0 Å². The molecule has 6 heteroatoms. The molecule has 1 aliphatic heterocycles. The van der Waals surface area contributed by atoms with Gasteiger partial charge in [-0.15, -0.1) is 0 Å². The Morgan fingerprint density at radius 3 is 2.55 bits per heavy atom. The highest BCUT2D eigenvalue weighted by Crippen LogP contribution is 2.23. The Morgan fingerprint density at radius 2 is 1.83 bits per heavy atom. The van der Waals surface area contributed by atoms with Crippen LogP contribution < -0.4 is 0 Å². The number of hydrogen-bond donors (Lipinski definition) is 0. The molecule has 1 fully saturated rings. The lowest BCUT2D eigenvalue weighted by molar-refractivity contribution is 0.0652. The summed E-state index contributed by atoms with van der Waals surface area (Å²) < 4.78 is 1.76. The molecule has 0 aliphatic carbocycles. The Bertz CT molecular complexity index is 1050. The number of nitrogens with zero attached hydrogens (tertiary/aromatic N) is 5. The van der Waals surface area contributed by atoms with Crippen molar-refractivity contribution in [2.45, 2.75) is 13.8 Å². The minimum Gasteiger partial charge on any atom is -0.336 e. The summed E-state index contributed by atoms with van der Waals surface area (Å²) in [5.74, 6) is 0.0797. The van der Waals surface area contributed by atoms with Crippen molar-refractivity contribution in [2.75, 3.05) is 32.7 Å². The van der Waals surface area contributed by atoms with Gasteiger partial charge in [0.25, 0.3) is 5.91 Å². The first-order valence-corrected chi connectivity index (χ1v) is 10.1. The minimum absolute atomic E-state index is 0.0797. The number of hydrogen-bond acceptors (Lipinski definition) is 4. The number of pyridine rings is 1. The molecule has 1 aromatic carbocycles. The van der Waals surface area contributed by atoms with Gasteiger partial charge >= 0.3 is 0 Å². The Morgan fingerprint density at radius 1 is 1.10 bits per heavy atom. The summed E-state index contributed by atoms with van der Waals surface area (Å²) in [6.07, 6.45) is 4.35. The molecule has 4 rings (SSSR count). The largest absolute Gasteiger partial charge is 0.336 e. The van der Waals surface area contributed by atoms with Gasteiger partial charge in [-0.25, -0.2) is 4.98 Å². The van der Waals surface area contributed by atoms with E-state index in [1.54, 1.807) is 4.68 Å². The highest BCUT2D eigenvalue weighted by atomic mass is 16.2. The van der Waals surface area contributed by atoms with Crippen molar-refractivity contribution in [2.24, 2.45) is 7.05 Å². The second-order valence-corrected chi connectivity index (χ2v) is 7.62. The van der Waals surface area contributed by atoms with E-state index in [0.29, 0.717) is 0 Å². The Hall–Kier alpha value is -2.99. The fraction of sp³-hybridized carbons (Fsp3) is 0.348. The molecule has 0 radical (unpaired) electrons. The van der Waals surface area contributed by atoms with Crippen molar-refractivity contribution in [3.05, 3.63) is 65.0 Å². The molecule has 29 heavy (non-hydrogen) atoms. The maximum absolute atomic E-state index is 13.3. The molecule has 3 heterocycles. The second kappa shape index (κ2) is 8.17. The van der Waals surface area contributed by atoms with Gasteiger partial charge in [-0.3, -0.25) is 14.4 Å². The lowest BCUT2D eigenvalue weighted by Gasteiger charge is -2.34. The molecule has 1 amide bonds. The third-order valence-electron chi connectivity index (χ3n) is 5.46. The second-order valence-electron chi connectivity index (χ2n) is 7.62. The van der Waals surface area contributed by atoms with E-state index in [-0.39, 0.29) is 5.91 Å². The number of amides is 1. The summed E-state index contributed by atoms with van der Waals surface area (Å²) in [5, 5.41) is 5.33. The predicted octanol–water partition coefficient (Wildman–Crippen LogP) is 3.06. The number of carbonyl (C=O) groups excluding carboxylic acids is 1. The molecule has 0 bridgehead atoms. The van der Waals surface area contributed by atoms with E-state index in [1.807, 2.05) is 50.1 Å². The predicted molar refractivity (Wildman–Crippen MR) is 116 cm³/mol. The molecule has 1 aliphatic rings. The van der Waals surface area contributed by atoms with Gasteiger partial charge in [0.05, 0.1) is 16.6 Å². The topological polar surface area (TPSA) is 54.3 Å². The zero-order chi connectivity index (χ0) is 20.4. The monoisotopic (exact) mass is 389 g/mol. The van der Waals surface area contributed by atoms with E-state index in [0.717, 1.165) is 60.7 Å². The summed E-state index contributed by atoms with van der Waals surface area (Å²) >= 11 is 0. The van der Waals surface area contributed by atoms with Gasteiger partial charge in [0.2, 0.25) is 0 Å². The van der Waals surface area contributed by atoms with Crippen molar-refractivity contribution in [3.8, 4) is 0 Å². The highest BCUT2D eigenvalue weighted by Gasteiger charge is 2.25. The SMILES string of the molecule is Cc1cc(C(=O)N2CCN(C/C=C/c3ccccc3)CC2)c2c(C)nn(C)c2n1. The fourth-order valence-corrected chi connectivity index (χ4v) is 3.94. The third-order valence-corrected chi connectivity index (χ3v) is 5.46. The first kappa shape index (κ1) is 19.3. The molecule has 0 spiro atoms. The number of benzene rings is 1. The maximum atomic E-state index is 13.3. The quantitative estimate of drug-likeness (QED) is 0.688. The first-order chi connectivity index (χ1) is 14.0. The fourth-order valence-electron chi connectivity index (χ4n) is 3.94. The van der Waals surface area contributed by atoms with Crippen LogP contribution in [0.2, 0.25) is 0 Å². The molecule has 0 atom stereocenters. The Kier molecular flexibility index (Phi) is 5.45. The van der Waals surface area contributed by atoms with Crippen LogP contribution in [0.1, 0.15) is 27.3 Å². The van der Waals surface area contributed by atoms with Gasteiger partial charge in [-0.05, 0) is 25.5 Å². The van der Waals surface area contributed by atoms with Crippen molar-refractivity contribution in [3.63, 3.8) is 0 Å². The molecular weight excluding hydrogens is 362 g/mol. The van der Waals surface area contributed by atoms with Crippen LogP contribution in [0.25, 0.3) is 17.1 Å². The first-order valence-electron chi connectivity index (χ1n) is 10.1. The summed E-state index contributed by atoms with van der Waals surface area (Å²) in [6.45, 7) is 7.99. The Balaban J connectivity index is 1.42. The van der Waals surface area contributed by atoms with Crippen LogP contribution in [0.5, 0.6) is 0 Å². The van der Waals surface area contributed by atoms with Crippen LogP contribution in [0.15, 0.2) is 42.5 Å². The average Bonchev–Trinajstić information content (AvgIpc) is 3.01. The zero-order valence-corrected chi connectivity index (χ0v) is 17.3. The normalized spacial score (nSPS) is 15.5. The average molecular weight is 390 g/mol. The van der Waals surface area contributed by atoms with Crippen molar-refractivity contribution in [1.82, 2.24) is 24.6 Å². The van der Waals surface area contributed by atoms with E-state index in [9.17, 15) is 4.79 Å². The lowest BCUT2D eigenvalue weighted by Crippen LogP contribution is -2.48. The van der Waals surface area contributed by atoms with Gasteiger partial charge in [-0.2, -0.15) is 5.10 Å². The standard InChI is InChI=1S/C23H27N5O/c1-17-16-20(21-18(2)25-26(3)22(21)24-17)23(29)28-14-12-27(13-15-28)11-7-10-19-8-5-4-6-9-19/h4-10,16H,11-15H2,1-3H3/b10-7+. The number of piperazine rings is 1. The van der Waals surface area contributed by atoms with Gasteiger partial charge < -0.3 is 4.90 Å². The number of rotatable bonds is 4. The molecule has 3 aromatic rings. The molecule has 1 saturated heterocycles. The van der Waals surface area contributed by atoms with Gasteiger partial charge in [0.1, 0.15) is 0 Å². The summed E-state index contributed by atoms with van der Waals surface area (Å²) in [7, 11) is 1.87. The van der Waals surface area contributed by atoms with Crippen LogP contribution in [0.3, 0.4) is 0 Å². The van der Waals surface area contributed by atoms with Crippen molar-refractivity contribution >= 4 is 23.0 Å². The maximum Gasteiger partial charge on any atom is 0.254 e. The van der Waals surface area contributed by atoms with Gasteiger partial charge in [0, 0.05) is 45.5 Å². The smallest absolute Gasteiger partial charge is 0.254 e. The Labute approximate surface area is 171 Å². The van der Waals surface area contributed by atoms with Gasteiger partial charge in [0.15, 0.2) is 5.65 Å². The van der Waals surface area contributed by atoms with E-state index in [2.05, 4.69) is 39.3 Å². The number of carbonyl (C=O) groups is 1. The molecule has 0 unspecified atom stereocenters. The minimum atomic E-state index is 0.0797. The highest BCUT2D eigenvalue weighted by molar-refractivity contribution is 6.06. The van der Waals surface area contributed by atoms with E-state index < -0.39 is 0 Å². The molecule has 150 valence electrons. The molecule has 6 nitrogen and oxygen atoms in total. The van der Waals surface area contributed by atoms with Crippen LogP contribution in [-0.4, -0.2) is 63.2 Å². The summed E-state index contributed by atoms with van der Waals surface area (Å²) in [5.41, 5.74) is 4.40. The molecule has 0 saturated carbocycles. The van der Waals surface area contributed by atoms with Gasteiger partial charge in [-0.1, -0.05) is 42.5 Å². The van der Waals surface area contributed by atoms with Crippen LogP contribution in [0.4, 0.5) is 0 Å². The lowest BCUT2D eigenvalue weighted by atomic mass is 10.1. The van der Waals surface area contributed by atoms with Crippen LogP contribution >= 0.6 is 0 Å². The summed E-state index contributed by atoms with van der Waals surface area (Å²) in [6, 6.07) is 12.2. The van der Waals surface area contributed by atoms with E-state index in [1.165, 1.54) is 5.56 Å². The van der Waals surface area contributed by atoms with E-state index >= 15 is 0 Å². The zero-order valence-electron chi connectivity index (χ0n) is 17.3.